The van der Waals surface area contributed by atoms with E-state index in [1.54, 1.807) is 0 Å². The van der Waals surface area contributed by atoms with Crippen LogP contribution in [0, 0.1) is 0 Å². The van der Waals surface area contributed by atoms with E-state index in [0.717, 1.165) is 0 Å². The lowest BCUT2D eigenvalue weighted by atomic mass is 10.1. The maximum Gasteiger partial charge on any atom is 0.226 e. The van der Waals surface area contributed by atoms with Crippen LogP contribution in [0.3, 0.4) is 0 Å². The summed E-state index contributed by atoms with van der Waals surface area (Å²) < 4.78 is 6.96. The molecule has 0 spiro atoms. The summed E-state index contributed by atoms with van der Waals surface area (Å²) >= 11 is 5.79. The molecule has 0 bridgehead atoms. The number of nitrogen functional groups attached to an aromatic ring is 1. The summed E-state index contributed by atoms with van der Waals surface area (Å²) in [6.07, 6.45) is -1.60. The lowest BCUT2D eigenvalue weighted by Gasteiger charge is -2.17. The quantitative estimate of drug-likeness (QED) is 0.308. The number of aliphatic hydroxyl groups is 2. The van der Waals surface area contributed by atoms with Gasteiger partial charge in [-0.2, -0.15) is 9.97 Å². The van der Waals surface area contributed by atoms with Gasteiger partial charge in [0, 0.05) is 4.91 Å². The number of nitrogens with two attached hydrogens (primary N) is 1. The van der Waals surface area contributed by atoms with Crippen LogP contribution in [0.15, 0.2) is 11.4 Å². The van der Waals surface area contributed by atoms with Crippen molar-refractivity contribution in [2.45, 2.75) is 24.5 Å². The molecule has 1 aliphatic heterocycles. The van der Waals surface area contributed by atoms with Crippen molar-refractivity contribution in [3.8, 4) is 0 Å². The molecule has 3 heterocycles. The Labute approximate surface area is 127 Å². The molecule has 2 aromatic rings. The van der Waals surface area contributed by atoms with E-state index < -0.39 is 31.1 Å². The number of fused-ring (bicyclic) bond motifs is 1. The third-order valence-electron chi connectivity index (χ3n) is 3.40. The van der Waals surface area contributed by atoms with Crippen molar-refractivity contribution in [3.05, 3.63) is 22.1 Å². The van der Waals surface area contributed by atoms with Gasteiger partial charge < -0.3 is 20.7 Å². The highest BCUT2D eigenvalue weighted by molar-refractivity contribution is 6.28. The Bertz CT molecular complexity index is 760. The summed E-state index contributed by atoms with van der Waals surface area (Å²) in [6, 6.07) is -0.963. The normalized spacial score (nSPS) is 28.0. The fourth-order valence-corrected chi connectivity index (χ4v) is 2.56. The second-order valence-electron chi connectivity index (χ2n) is 4.64. The van der Waals surface area contributed by atoms with Gasteiger partial charge in [-0.15, -0.1) is 0 Å². The number of aliphatic hydroxyl groups excluding tert-OH is 2. The SMILES string of the molecule is [N-]=[N+]=N[C@@H]1[C@H](O)[C@@H](CO)O[C@H]1n1cnc2c(N)nc(Cl)nc21. The van der Waals surface area contributed by atoms with Crippen molar-refractivity contribution in [2.75, 3.05) is 12.3 Å². The van der Waals surface area contributed by atoms with Gasteiger partial charge in [-0.25, -0.2) is 4.98 Å². The molecule has 22 heavy (non-hydrogen) atoms. The minimum atomic E-state index is -1.17. The van der Waals surface area contributed by atoms with E-state index >= 15 is 0 Å². The number of rotatable bonds is 3. The summed E-state index contributed by atoms with van der Waals surface area (Å²) in [4.78, 5) is 14.6. The maximum atomic E-state index is 10.1. The van der Waals surface area contributed by atoms with Crippen molar-refractivity contribution in [3.63, 3.8) is 0 Å². The molecule has 0 aromatic carbocycles. The number of hydrogen-bond donors (Lipinski definition) is 3. The number of nitrogens with zero attached hydrogens (tertiary/aromatic N) is 7. The topological polar surface area (TPSA) is 168 Å². The molecule has 2 aromatic heterocycles. The van der Waals surface area contributed by atoms with Gasteiger partial charge in [-0.05, 0) is 17.1 Å². The maximum absolute atomic E-state index is 10.1. The standard InChI is InChI=1S/C10H11ClN8O3/c11-10-15-7(12)5-8(16-10)19(2-14-5)9-4(17-18-13)6(21)3(1-20)22-9/h2-4,6,9,20-21H,1H2,(H2,12,15,16)/t3-,4-,6-,9-/m1/s1. The molecule has 1 fully saturated rings. The zero-order chi connectivity index (χ0) is 15.9. The first-order valence-corrected chi connectivity index (χ1v) is 6.58. The Balaban J connectivity index is 2.11. The minimum Gasteiger partial charge on any atom is -0.394 e. The Morgan fingerprint density at radius 1 is 1.55 bits per heavy atom. The molecule has 4 N–H and O–H groups in total. The Morgan fingerprint density at radius 2 is 2.32 bits per heavy atom. The van der Waals surface area contributed by atoms with Crippen LogP contribution in [-0.4, -0.2) is 54.6 Å². The highest BCUT2D eigenvalue weighted by Gasteiger charge is 2.44. The third-order valence-corrected chi connectivity index (χ3v) is 3.57. The average molecular weight is 327 g/mol. The van der Waals surface area contributed by atoms with E-state index in [4.69, 9.17) is 27.6 Å². The first-order chi connectivity index (χ1) is 10.6. The fourth-order valence-electron chi connectivity index (χ4n) is 2.39. The first kappa shape index (κ1) is 14.8. The molecule has 11 nitrogen and oxygen atoms in total. The molecule has 3 rings (SSSR count). The van der Waals surface area contributed by atoms with Crippen molar-refractivity contribution in [1.82, 2.24) is 19.5 Å². The fraction of sp³-hybridized carbons (Fsp3) is 0.500. The van der Waals surface area contributed by atoms with Crippen LogP contribution >= 0.6 is 11.6 Å². The third kappa shape index (κ3) is 2.21. The second kappa shape index (κ2) is 5.55. The number of azide groups is 1. The highest BCUT2D eigenvalue weighted by atomic mass is 35.5. The van der Waals surface area contributed by atoms with E-state index in [1.807, 2.05) is 0 Å². The van der Waals surface area contributed by atoms with E-state index in [2.05, 4.69) is 25.0 Å². The van der Waals surface area contributed by atoms with Crippen LogP contribution in [-0.2, 0) is 4.74 Å². The van der Waals surface area contributed by atoms with Crippen LogP contribution in [0.2, 0.25) is 5.28 Å². The van der Waals surface area contributed by atoms with Gasteiger partial charge in [0.2, 0.25) is 5.28 Å². The summed E-state index contributed by atoms with van der Waals surface area (Å²) in [5.74, 6) is 0.0892. The lowest BCUT2D eigenvalue weighted by Crippen LogP contribution is -2.31. The minimum absolute atomic E-state index is 0.0793. The predicted octanol–water partition coefficient (Wildman–Crippen LogP) is -0.00860. The summed E-state index contributed by atoms with van der Waals surface area (Å²) in [5, 5.41) is 22.7. The van der Waals surface area contributed by atoms with Gasteiger partial charge in [0.15, 0.2) is 11.5 Å². The number of halogens is 1. The summed E-state index contributed by atoms with van der Waals surface area (Å²) in [6.45, 7) is -0.431. The van der Waals surface area contributed by atoms with E-state index in [1.165, 1.54) is 10.9 Å². The zero-order valence-electron chi connectivity index (χ0n) is 11.0. The molecule has 0 aliphatic carbocycles. The zero-order valence-corrected chi connectivity index (χ0v) is 11.7. The van der Waals surface area contributed by atoms with Crippen molar-refractivity contribution in [1.29, 1.82) is 0 Å². The largest absolute Gasteiger partial charge is 0.394 e. The molecule has 0 radical (unpaired) electrons. The molecule has 12 heteroatoms. The molecule has 0 unspecified atom stereocenters. The number of hydrogen-bond acceptors (Lipinski definition) is 8. The average Bonchev–Trinajstić information content (AvgIpc) is 3.02. The van der Waals surface area contributed by atoms with E-state index in [-0.39, 0.29) is 16.7 Å². The van der Waals surface area contributed by atoms with Gasteiger partial charge in [0.05, 0.1) is 19.0 Å². The van der Waals surface area contributed by atoms with Gasteiger partial charge in [0.25, 0.3) is 0 Å². The van der Waals surface area contributed by atoms with Gasteiger partial charge in [-0.3, -0.25) is 4.57 Å². The highest BCUT2D eigenvalue weighted by Crippen LogP contribution is 2.34. The Morgan fingerprint density at radius 3 is 3.00 bits per heavy atom. The Kier molecular flexibility index (Phi) is 3.72. The number of ether oxygens (including phenoxy) is 1. The monoisotopic (exact) mass is 326 g/mol. The number of aromatic nitrogens is 4. The van der Waals surface area contributed by atoms with Crippen LogP contribution in [0.1, 0.15) is 6.23 Å². The molecule has 0 saturated carbocycles. The molecule has 0 amide bonds. The van der Waals surface area contributed by atoms with Gasteiger partial charge in [-0.1, -0.05) is 5.11 Å². The molecular weight excluding hydrogens is 316 g/mol. The Hall–Kier alpha value is -2.17. The molecule has 4 atom stereocenters. The van der Waals surface area contributed by atoms with Gasteiger partial charge in [0.1, 0.15) is 23.9 Å². The predicted molar refractivity (Wildman–Crippen MR) is 74.7 cm³/mol. The van der Waals surface area contributed by atoms with Crippen molar-refractivity contribution < 1.29 is 14.9 Å². The van der Waals surface area contributed by atoms with E-state index in [0.29, 0.717) is 5.52 Å². The smallest absolute Gasteiger partial charge is 0.226 e. The summed E-state index contributed by atoms with van der Waals surface area (Å²) in [7, 11) is 0. The number of imidazole rings is 1. The van der Waals surface area contributed by atoms with Crippen LogP contribution in [0.4, 0.5) is 5.82 Å². The molecule has 1 aliphatic rings. The number of anilines is 1. The van der Waals surface area contributed by atoms with E-state index in [9.17, 15) is 10.2 Å². The van der Waals surface area contributed by atoms with Crippen molar-refractivity contribution >= 4 is 28.6 Å². The summed E-state index contributed by atoms with van der Waals surface area (Å²) in [5.41, 5.74) is 14.9. The van der Waals surface area contributed by atoms with Crippen molar-refractivity contribution in [2.24, 2.45) is 5.11 Å². The lowest BCUT2D eigenvalue weighted by molar-refractivity contribution is -0.0437. The molecule has 116 valence electrons. The van der Waals surface area contributed by atoms with Crippen LogP contribution in [0.25, 0.3) is 21.6 Å². The second-order valence-corrected chi connectivity index (χ2v) is 4.97. The van der Waals surface area contributed by atoms with Crippen LogP contribution in [0.5, 0.6) is 0 Å². The molecule has 1 saturated heterocycles. The molecular formula is C10H11ClN8O3. The van der Waals surface area contributed by atoms with Gasteiger partial charge >= 0.3 is 0 Å². The first-order valence-electron chi connectivity index (χ1n) is 6.21. The van der Waals surface area contributed by atoms with Crippen LogP contribution < -0.4 is 5.73 Å².